The van der Waals surface area contributed by atoms with Crippen LogP contribution >= 0.6 is 23.2 Å². The van der Waals surface area contributed by atoms with Gasteiger partial charge in [-0.1, -0.05) is 40.8 Å². The number of hydrogen-bond acceptors (Lipinski definition) is 4. The smallest absolute Gasteiger partial charge is 0.257 e. The molecule has 0 bridgehead atoms. The lowest BCUT2D eigenvalue weighted by Crippen LogP contribution is -2.67. The van der Waals surface area contributed by atoms with Crippen molar-refractivity contribution in [3.63, 3.8) is 0 Å². The third-order valence-electron chi connectivity index (χ3n) is 6.03. The molecule has 27 heavy (non-hydrogen) atoms. The van der Waals surface area contributed by atoms with E-state index >= 15 is 0 Å². The van der Waals surface area contributed by atoms with Crippen molar-refractivity contribution in [2.45, 2.75) is 51.7 Å². The van der Waals surface area contributed by atoms with Crippen molar-refractivity contribution in [1.82, 2.24) is 10.5 Å². The number of rotatable bonds is 5. The third kappa shape index (κ3) is 2.96. The Labute approximate surface area is 168 Å². The Morgan fingerprint density at radius 1 is 1.37 bits per heavy atom. The molecule has 2 aliphatic carbocycles. The van der Waals surface area contributed by atoms with Crippen LogP contribution in [0.2, 0.25) is 10.0 Å². The molecule has 2 atom stereocenters. The van der Waals surface area contributed by atoms with E-state index in [0.717, 1.165) is 19.3 Å². The quantitative estimate of drug-likeness (QED) is 0.752. The zero-order chi connectivity index (χ0) is 19.2. The van der Waals surface area contributed by atoms with Crippen LogP contribution in [-0.2, 0) is 4.74 Å². The van der Waals surface area contributed by atoms with Gasteiger partial charge in [0.25, 0.3) is 5.91 Å². The molecule has 4 rings (SSSR count). The second-order valence-electron chi connectivity index (χ2n) is 7.35. The Bertz CT molecular complexity index is 856. The first-order valence-corrected chi connectivity index (χ1v) is 10.1. The van der Waals surface area contributed by atoms with E-state index in [1.54, 1.807) is 25.1 Å². The Morgan fingerprint density at radius 3 is 2.67 bits per heavy atom. The maximum atomic E-state index is 13.1. The van der Waals surface area contributed by atoms with Gasteiger partial charge in [-0.25, -0.2) is 0 Å². The van der Waals surface area contributed by atoms with Crippen LogP contribution in [0.5, 0.6) is 0 Å². The van der Waals surface area contributed by atoms with E-state index in [1.165, 1.54) is 6.42 Å². The fourth-order valence-corrected chi connectivity index (χ4v) is 4.98. The molecule has 1 aromatic carbocycles. The second-order valence-corrected chi connectivity index (χ2v) is 8.17. The molecule has 0 saturated heterocycles. The van der Waals surface area contributed by atoms with Gasteiger partial charge in [0.15, 0.2) is 0 Å². The van der Waals surface area contributed by atoms with Crippen molar-refractivity contribution in [2.75, 3.05) is 6.61 Å². The number of ether oxygens (including phenoxy) is 1. The first-order valence-electron chi connectivity index (χ1n) is 9.31. The molecule has 5 nitrogen and oxygen atoms in total. The largest absolute Gasteiger partial charge is 0.378 e. The number of halogens is 2. The minimum atomic E-state index is -0.203. The van der Waals surface area contributed by atoms with Crippen LogP contribution in [0.1, 0.15) is 48.7 Å². The highest BCUT2D eigenvalue weighted by atomic mass is 35.5. The molecule has 1 spiro atoms. The first kappa shape index (κ1) is 18.8. The lowest BCUT2D eigenvalue weighted by Gasteiger charge is -2.60. The molecule has 2 saturated carbocycles. The molecule has 0 radical (unpaired) electrons. The van der Waals surface area contributed by atoms with E-state index < -0.39 is 0 Å². The molecule has 1 heterocycles. The van der Waals surface area contributed by atoms with Gasteiger partial charge in [0.2, 0.25) is 0 Å². The normalized spacial score (nSPS) is 23.0. The van der Waals surface area contributed by atoms with Crippen LogP contribution in [-0.4, -0.2) is 29.8 Å². The Morgan fingerprint density at radius 2 is 2.07 bits per heavy atom. The highest BCUT2D eigenvalue weighted by Gasteiger charge is 2.59. The monoisotopic (exact) mass is 408 g/mol. The minimum absolute atomic E-state index is 0.0823. The third-order valence-corrected chi connectivity index (χ3v) is 6.66. The van der Waals surface area contributed by atoms with Crippen molar-refractivity contribution in [3.8, 4) is 11.3 Å². The number of aryl methyl sites for hydroxylation is 1. The molecule has 7 heteroatoms. The molecule has 1 aromatic heterocycles. The molecule has 1 amide bonds. The second kappa shape index (κ2) is 7.12. The van der Waals surface area contributed by atoms with Crippen molar-refractivity contribution in [3.05, 3.63) is 39.6 Å². The fraction of sp³-hybridized carbons (Fsp3) is 0.500. The van der Waals surface area contributed by atoms with Crippen LogP contribution in [0, 0.1) is 12.3 Å². The number of carbonyl (C=O) groups excluding carboxylic acids is 1. The topological polar surface area (TPSA) is 64.4 Å². The van der Waals surface area contributed by atoms with E-state index in [1.807, 2.05) is 6.92 Å². The van der Waals surface area contributed by atoms with Gasteiger partial charge in [-0.2, -0.15) is 0 Å². The van der Waals surface area contributed by atoms with E-state index in [0.29, 0.717) is 39.2 Å². The maximum absolute atomic E-state index is 13.1. The summed E-state index contributed by atoms with van der Waals surface area (Å²) in [5.74, 6) is 0.243. The standard InChI is InChI=1S/C20H22Cl2N2O3/c1-3-26-15-10-14(20(15)8-5-9-20)23-19(25)16-11(2)27-24-18(16)17-12(21)6-4-7-13(17)22/h4,6-7,14-15H,3,5,8-10H2,1-2H3,(H,23,25)/t14-,15-/m0/s1. The van der Waals surface area contributed by atoms with E-state index in [2.05, 4.69) is 10.5 Å². The van der Waals surface area contributed by atoms with Crippen LogP contribution in [0.3, 0.4) is 0 Å². The number of nitrogens with zero attached hydrogens (tertiary/aromatic N) is 1. The summed E-state index contributed by atoms with van der Waals surface area (Å²) < 4.78 is 11.2. The molecule has 1 N–H and O–H groups in total. The number of benzene rings is 1. The summed E-state index contributed by atoms with van der Waals surface area (Å²) in [6.07, 6.45) is 4.44. The fourth-order valence-electron chi connectivity index (χ4n) is 4.41. The van der Waals surface area contributed by atoms with Gasteiger partial charge in [0.05, 0.1) is 16.1 Å². The first-order chi connectivity index (χ1) is 13.0. The summed E-state index contributed by atoms with van der Waals surface area (Å²) in [7, 11) is 0. The van der Waals surface area contributed by atoms with Crippen molar-refractivity contribution >= 4 is 29.1 Å². The van der Waals surface area contributed by atoms with Crippen LogP contribution < -0.4 is 5.32 Å². The van der Waals surface area contributed by atoms with Crippen molar-refractivity contribution < 1.29 is 14.1 Å². The van der Waals surface area contributed by atoms with Gasteiger partial charge in [0, 0.05) is 23.6 Å². The summed E-state index contributed by atoms with van der Waals surface area (Å²) in [6, 6.07) is 5.30. The molecular formula is C20H22Cl2N2O3. The summed E-state index contributed by atoms with van der Waals surface area (Å²) in [5, 5.41) is 8.11. The van der Waals surface area contributed by atoms with E-state index in [9.17, 15) is 4.79 Å². The van der Waals surface area contributed by atoms with Crippen LogP contribution in [0.15, 0.2) is 22.7 Å². The highest BCUT2D eigenvalue weighted by molar-refractivity contribution is 6.39. The van der Waals surface area contributed by atoms with Crippen molar-refractivity contribution in [2.24, 2.45) is 5.41 Å². The summed E-state index contributed by atoms with van der Waals surface area (Å²) in [5.41, 5.74) is 1.36. The molecule has 2 aromatic rings. The predicted molar refractivity (Wildman–Crippen MR) is 104 cm³/mol. The van der Waals surface area contributed by atoms with Gasteiger partial charge >= 0.3 is 0 Å². The number of carbonyl (C=O) groups is 1. The Balaban J connectivity index is 1.60. The lowest BCUT2D eigenvalue weighted by molar-refractivity contribution is -0.169. The van der Waals surface area contributed by atoms with Gasteiger partial charge in [-0.15, -0.1) is 0 Å². The van der Waals surface area contributed by atoms with Gasteiger partial charge in [-0.3, -0.25) is 4.79 Å². The maximum Gasteiger partial charge on any atom is 0.257 e. The van der Waals surface area contributed by atoms with Gasteiger partial charge in [0.1, 0.15) is 17.0 Å². The average molecular weight is 409 g/mol. The Hall–Kier alpha value is -1.56. The predicted octanol–water partition coefficient (Wildman–Crippen LogP) is 5.03. The highest BCUT2D eigenvalue weighted by Crippen LogP contribution is 2.57. The number of nitrogens with one attached hydrogen (secondary N) is 1. The van der Waals surface area contributed by atoms with E-state index in [4.69, 9.17) is 32.5 Å². The SMILES string of the molecule is CCO[C@H]1C[C@H](NC(=O)c2c(-c3c(Cl)cccc3Cl)noc2C)C12CCC2. The summed E-state index contributed by atoms with van der Waals surface area (Å²) in [6.45, 7) is 4.43. The zero-order valence-corrected chi connectivity index (χ0v) is 16.9. The number of amides is 1. The lowest BCUT2D eigenvalue weighted by atomic mass is 9.51. The number of aromatic nitrogens is 1. The van der Waals surface area contributed by atoms with Crippen molar-refractivity contribution in [1.29, 1.82) is 0 Å². The molecular weight excluding hydrogens is 387 g/mol. The average Bonchev–Trinajstić information content (AvgIpc) is 2.93. The summed E-state index contributed by atoms with van der Waals surface area (Å²) in [4.78, 5) is 13.1. The molecule has 0 aliphatic heterocycles. The zero-order valence-electron chi connectivity index (χ0n) is 15.4. The number of hydrogen-bond donors (Lipinski definition) is 1. The molecule has 2 fully saturated rings. The minimum Gasteiger partial charge on any atom is -0.378 e. The van der Waals surface area contributed by atoms with Gasteiger partial charge < -0.3 is 14.6 Å². The molecule has 144 valence electrons. The molecule has 2 aliphatic rings. The molecule has 0 unspecified atom stereocenters. The summed E-state index contributed by atoms with van der Waals surface area (Å²) >= 11 is 12.6. The van der Waals surface area contributed by atoms with E-state index in [-0.39, 0.29) is 23.5 Å². The van der Waals surface area contributed by atoms with Crippen LogP contribution in [0.25, 0.3) is 11.3 Å². The van der Waals surface area contributed by atoms with Crippen LogP contribution in [0.4, 0.5) is 0 Å². The van der Waals surface area contributed by atoms with Gasteiger partial charge in [-0.05, 0) is 45.2 Å². The Kier molecular flexibility index (Phi) is 4.95.